The molecule has 0 aliphatic rings. The van der Waals surface area contributed by atoms with Crippen molar-refractivity contribution >= 4 is 21.6 Å². The SMILES string of the molecule is CCCCCCCCOc1ccc(-c2nc3ccc(CCCCCC)cc3s2)cc1. The number of fused-ring (bicyclic) bond motifs is 1. The van der Waals surface area contributed by atoms with Crippen LogP contribution in [0.4, 0.5) is 0 Å². The summed E-state index contributed by atoms with van der Waals surface area (Å²) in [6, 6.07) is 15.2. The van der Waals surface area contributed by atoms with E-state index in [4.69, 9.17) is 9.72 Å². The molecule has 2 nitrogen and oxygen atoms in total. The predicted octanol–water partition coefficient (Wildman–Crippen LogP) is 8.83. The van der Waals surface area contributed by atoms with E-state index in [1.54, 1.807) is 11.3 Å². The van der Waals surface area contributed by atoms with E-state index in [2.05, 4.69) is 56.3 Å². The van der Waals surface area contributed by atoms with Crippen molar-refractivity contribution in [3.05, 3.63) is 48.0 Å². The normalized spacial score (nSPS) is 11.3. The quantitative estimate of drug-likeness (QED) is 0.242. The summed E-state index contributed by atoms with van der Waals surface area (Å²) in [7, 11) is 0. The third-order valence-electron chi connectivity index (χ3n) is 5.64. The van der Waals surface area contributed by atoms with Crippen LogP contribution in [0.5, 0.6) is 5.75 Å². The first-order valence-electron chi connectivity index (χ1n) is 11.9. The molecule has 0 fully saturated rings. The lowest BCUT2D eigenvalue weighted by Gasteiger charge is -2.06. The molecule has 0 aliphatic carbocycles. The molecule has 0 spiro atoms. The molecule has 1 heterocycles. The number of aromatic nitrogens is 1. The topological polar surface area (TPSA) is 22.1 Å². The van der Waals surface area contributed by atoms with Gasteiger partial charge in [0.15, 0.2) is 0 Å². The highest BCUT2D eigenvalue weighted by Gasteiger charge is 2.08. The summed E-state index contributed by atoms with van der Waals surface area (Å²) >= 11 is 1.79. The number of unbranched alkanes of at least 4 members (excludes halogenated alkanes) is 8. The zero-order valence-electron chi connectivity index (χ0n) is 18.8. The standard InChI is InChI=1S/C27H37NOS/c1-3-5-7-9-10-12-20-29-24-17-15-23(16-18-24)27-28-25-19-14-22(21-26(25)30-27)13-11-8-6-4-2/h14-19,21H,3-13,20H2,1-2H3. The van der Waals surface area contributed by atoms with Gasteiger partial charge in [0.1, 0.15) is 10.8 Å². The van der Waals surface area contributed by atoms with Crippen LogP contribution < -0.4 is 4.74 Å². The number of hydrogen-bond donors (Lipinski definition) is 0. The molecule has 2 aromatic carbocycles. The predicted molar refractivity (Wildman–Crippen MR) is 132 cm³/mol. The minimum Gasteiger partial charge on any atom is -0.494 e. The van der Waals surface area contributed by atoms with Crippen molar-refractivity contribution in [2.75, 3.05) is 6.61 Å². The maximum atomic E-state index is 5.92. The minimum absolute atomic E-state index is 0.813. The van der Waals surface area contributed by atoms with Crippen LogP contribution in [-0.2, 0) is 6.42 Å². The number of ether oxygens (including phenoxy) is 1. The second-order valence-electron chi connectivity index (χ2n) is 8.27. The van der Waals surface area contributed by atoms with Crippen LogP contribution in [-0.4, -0.2) is 11.6 Å². The third kappa shape index (κ3) is 7.12. The van der Waals surface area contributed by atoms with E-state index in [9.17, 15) is 0 Å². The average Bonchev–Trinajstić information content (AvgIpc) is 3.20. The fraction of sp³-hybridized carbons (Fsp3) is 0.519. The molecule has 0 bridgehead atoms. The average molecular weight is 424 g/mol. The van der Waals surface area contributed by atoms with Crippen LogP contribution in [0, 0.1) is 0 Å². The number of thiazole rings is 1. The van der Waals surface area contributed by atoms with Crippen LogP contribution in [0.3, 0.4) is 0 Å². The summed E-state index contributed by atoms with van der Waals surface area (Å²) in [5, 5.41) is 1.09. The van der Waals surface area contributed by atoms with E-state index in [1.165, 1.54) is 80.0 Å². The summed E-state index contributed by atoms with van der Waals surface area (Å²) in [5.41, 5.74) is 3.72. The van der Waals surface area contributed by atoms with Gasteiger partial charge in [0.25, 0.3) is 0 Å². The Morgan fingerprint density at radius 2 is 1.47 bits per heavy atom. The molecule has 0 radical (unpaired) electrons. The highest BCUT2D eigenvalue weighted by molar-refractivity contribution is 7.21. The van der Waals surface area contributed by atoms with Gasteiger partial charge in [-0.05, 0) is 61.2 Å². The van der Waals surface area contributed by atoms with E-state index in [1.807, 2.05) is 0 Å². The third-order valence-corrected chi connectivity index (χ3v) is 6.71. The Morgan fingerprint density at radius 1 is 0.767 bits per heavy atom. The number of benzene rings is 2. The smallest absolute Gasteiger partial charge is 0.124 e. The summed E-state index contributed by atoms with van der Waals surface area (Å²) in [4.78, 5) is 4.85. The first-order valence-corrected chi connectivity index (χ1v) is 12.7. The van der Waals surface area contributed by atoms with Crippen LogP contribution >= 0.6 is 11.3 Å². The fourth-order valence-electron chi connectivity index (χ4n) is 3.77. The fourth-order valence-corrected chi connectivity index (χ4v) is 4.80. The second kappa shape index (κ2) is 12.7. The molecule has 0 aliphatic heterocycles. The molecule has 0 unspecified atom stereocenters. The van der Waals surface area contributed by atoms with Gasteiger partial charge in [-0.2, -0.15) is 0 Å². The lowest BCUT2D eigenvalue weighted by atomic mass is 10.1. The van der Waals surface area contributed by atoms with Gasteiger partial charge in [-0.3, -0.25) is 0 Å². The van der Waals surface area contributed by atoms with Crippen molar-refractivity contribution in [3.63, 3.8) is 0 Å². The van der Waals surface area contributed by atoms with Crippen LogP contribution in [0.1, 0.15) is 83.6 Å². The van der Waals surface area contributed by atoms with Gasteiger partial charge in [-0.1, -0.05) is 71.3 Å². The number of hydrogen-bond acceptors (Lipinski definition) is 3. The molecular formula is C27H37NOS. The zero-order valence-corrected chi connectivity index (χ0v) is 19.6. The molecule has 0 N–H and O–H groups in total. The summed E-state index contributed by atoms with van der Waals surface area (Å²) < 4.78 is 7.21. The highest BCUT2D eigenvalue weighted by atomic mass is 32.1. The molecule has 0 saturated carbocycles. The molecule has 1 aromatic heterocycles. The van der Waals surface area contributed by atoms with Gasteiger partial charge in [-0.25, -0.2) is 4.98 Å². The molecule has 3 rings (SSSR count). The Morgan fingerprint density at radius 3 is 2.23 bits per heavy atom. The molecule has 30 heavy (non-hydrogen) atoms. The summed E-state index contributed by atoms with van der Waals surface area (Å²) in [6.45, 7) is 5.33. The Balaban J connectivity index is 1.51. The van der Waals surface area contributed by atoms with Crippen molar-refractivity contribution in [1.29, 1.82) is 0 Å². The van der Waals surface area contributed by atoms with Crippen LogP contribution in [0.25, 0.3) is 20.8 Å². The van der Waals surface area contributed by atoms with Crippen molar-refractivity contribution < 1.29 is 4.74 Å². The monoisotopic (exact) mass is 423 g/mol. The van der Waals surface area contributed by atoms with Gasteiger partial charge in [-0.15, -0.1) is 11.3 Å². The van der Waals surface area contributed by atoms with Gasteiger partial charge in [0.2, 0.25) is 0 Å². The van der Waals surface area contributed by atoms with E-state index in [0.29, 0.717) is 0 Å². The molecule has 162 valence electrons. The number of aryl methyl sites for hydroxylation is 1. The number of nitrogens with zero attached hydrogens (tertiary/aromatic N) is 1. The van der Waals surface area contributed by atoms with Crippen LogP contribution in [0.2, 0.25) is 0 Å². The van der Waals surface area contributed by atoms with E-state index >= 15 is 0 Å². The van der Waals surface area contributed by atoms with Gasteiger partial charge >= 0.3 is 0 Å². The van der Waals surface area contributed by atoms with E-state index in [-0.39, 0.29) is 0 Å². The summed E-state index contributed by atoms with van der Waals surface area (Å²) in [6.07, 6.45) is 14.2. The molecule has 0 atom stereocenters. The largest absolute Gasteiger partial charge is 0.494 e. The second-order valence-corrected chi connectivity index (χ2v) is 9.30. The van der Waals surface area contributed by atoms with Crippen LogP contribution in [0.15, 0.2) is 42.5 Å². The van der Waals surface area contributed by atoms with Gasteiger partial charge in [0.05, 0.1) is 16.8 Å². The maximum absolute atomic E-state index is 5.92. The minimum atomic E-state index is 0.813. The van der Waals surface area contributed by atoms with Gasteiger partial charge < -0.3 is 4.74 Å². The molecule has 0 amide bonds. The molecular weight excluding hydrogens is 386 g/mol. The van der Waals surface area contributed by atoms with Crippen molar-refractivity contribution in [2.45, 2.75) is 84.5 Å². The van der Waals surface area contributed by atoms with E-state index < -0.39 is 0 Å². The summed E-state index contributed by atoms with van der Waals surface area (Å²) in [5.74, 6) is 0.961. The highest BCUT2D eigenvalue weighted by Crippen LogP contribution is 2.32. The maximum Gasteiger partial charge on any atom is 0.124 e. The van der Waals surface area contributed by atoms with E-state index in [0.717, 1.165) is 29.3 Å². The first kappa shape index (κ1) is 22.8. The Kier molecular flexibility index (Phi) is 9.69. The lowest BCUT2D eigenvalue weighted by molar-refractivity contribution is 0.304. The Labute approximate surface area is 186 Å². The molecule has 0 saturated heterocycles. The van der Waals surface area contributed by atoms with Gasteiger partial charge in [0, 0.05) is 5.56 Å². The zero-order chi connectivity index (χ0) is 21.0. The number of rotatable bonds is 14. The van der Waals surface area contributed by atoms with Crippen molar-refractivity contribution in [1.82, 2.24) is 4.98 Å². The Bertz CT molecular complexity index is 868. The van der Waals surface area contributed by atoms with Crippen molar-refractivity contribution in [3.8, 4) is 16.3 Å². The molecule has 3 heteroatoms. The first-order chi connectivity index (χ1) is 14.8. The van der Waals surface area contributed by atoms with Crippen molar-refractivity contribution in [2.24, 2.45) is 0 Å². The Hall–Kier alpha value is -1.87. The lowest BCUT2D eigenvalue weighted by Crippen LogP contribution is -1.97. The molecule has 3 aromatic rings.